The average Bonchev–Trinajstić information content (AvgIpc) is 2.31. The second kappa shape index (κ2) is 5.25. The number of anilines is 1. The Morgan fingerprint density at radius 1 is 1.44 bits per heavy atom. The number of hydrogen-bond acceptors (Lipinski definition) is 4. The van der Waals surface area contributed by atoms with E-state index in [0.717, 1.165) is 37.6 Å². The zero-order chi connectivity index (χ0) is 11.4. The molecule has 0 amide bonds. The van der Waals surface area contributed by atoms with E-state index in [1.165, 1.54) is 12.8 Å². The zero-order valence-corrected chi connectivity index (χ0v) is 9.89. The van der Waals surface area contributed by atoms with Gasteiger partial charge in [0.2, 0.25) is 5.95 Å². The van der Waals surface area contributed by atoms with Gasteiger partial charge in [0.25, 0.3) is 0 Å². The molecule has 1 atom stereocenters. The van der Waals surface area contributed by atoms with Gasteiger partial charge in [0.05, 0.1) is 0 Å². The van der Waals surface area contributed by atoms with Crippen molar-refractivity contribution in [1.29, 1.82) is 0 Å². The predicted molar refractivity (Wildman–Crippen MR) is 65.4 cm³/mol. The fourth-order valence-corrected chi connectivity index (χ4v) is 2.27. The van der Waals surface area contributed by atoms with Gasteiger partial charge in [-0.05, 0) is 44.2 Å². The molecule has 2 heterocycles. The number of nitrogens with two attached hydrogens (primary N) is 1. The zero-order valence-electron chi connectivity index (χ0n) is 9.89. The number of rotatable bonds is 3. The van der Waals surface area contributed by atoms with Crippen LogP contribution in [0.15, 0.2) is 12.4 Å². The summed E-state index contributed by atoms with van der Waals surface area (Å²) in [7, 11) is 0. The van der Waals surface area contributed by atoms with E-state index in [1.54, 1.807) is 0 Å². The minimum atomic E-state index is 0.712. The molecule has 2 N–H and O–H groups in total. The van der Waals surface area contributed by atoms with E-state index in [9.17, 15) is 0 Å². The van der Waals surface area contributed by atoms with Crippen LogP contribution >= 0.6 is 0 Å². The largest absolute Gasteiger partial charge is 0.341 e. The number of nitrogens with zero attached hydrogens (tertiary/aromatic N) is 3. The molecule has 0 spiro atoms. The molecule has 4 heteroatoms. The highest BCUT2D eigenvalue weighted by atomic mass is 15.2. The third-order valence-corrected chi connectivity index (χ3v) is 3.14. The second-order valence-electron chi connectivity index (χ2n) is 4.59. The Bertz CT molecular complexity index is 320. The Morgan fingerprint density at radius 3 is 2.88 bits per heavy atom. The second-order valence-corrected chi connectivity index (χ2v) is 4.59. The van der Waals surface area contributed by atoms with Crippen LogP contribution in [0.3, 0.4) is 0 Å². The molecule has 2 rings (SSSR count). The lowest BCUT2D eigenvalue weighted by Crippen LogP contribution is -2.37. The molecule has 1 aliphatic heterocycles. The monoisotopic (exact) mass is 220 g/mol. The van der Waals surface area contributed by atoms with Crippen LogP contribution in [-0.4, -0.2) is 29.6 Å². The minimum absolute atomic E-state index is 0.712. The van der Waals surface area contributed by atoms with Crippen LogP contribution in [0.5, 0.6) is 0 Å². The topological polar surface area (TPSA) is 55.0 Å². The molecule has 1 aromatic rings. The Labute approximate surface area is 96.9 Å². The number of hydrogen-bond donors (Lipinski definition) is 1. The van der Waals surface area contributed by atoms with Crippen LogP contribution in [0.1, 0.15) is 24.8 Å². The average molecular weight is 220 g/mol. The van der Waals surface area contributed by atoms with E-state index in [1.807, 2.05) is 19.3 Å². The summed E-state index contributed by atoms with van der Waals surface area (Å²) in [6.07, 6.45) is 7.40. The highest BCUT2D eigenvalue weighted by Crippen LogP contribution is 2.21. The summed E-state index contributed by atoms with van der Waals surface area (Å²) in [5, 5.41) is 0. The van der Waals surface area contributed by atoms with Gasteiger partial charge in [0.1, 0.15) is 0 Å². The first-order valence-corrected chi connectivity index (χ1v) is 6.03. The van der Waals surface area contributed by atoms with Gasteiger partial charge in [-0.15, -0.1) is 0 Å². The molecule has 0 saturated carbocycles. The van der Waals surface area contributed by atoms with Crippen molar-refractivity contribution in [1.82, 2.24) is 9.97 Å². The Hall–Kier alpha value is -1.16. The first-order valence-electron chi connectivity index (χ1n) is 6.03. The molecule has 88 valence electrons. The lowest BCUT2D eigenvalue weighted by Gasteiger charge is -2.32. The maximum atomic E-state index is 5.61. The van der Waals surface area contributed by atoms with Crippen LogP contribution in [0.25, 0.3) is 0 Å². The van der Waals surface area contributed by atoms with Crippen molar-refractivity contribution in [2.75, 3.05) is 24.5 Å². The summed E-state index contributed by atoms with van der Waals surface area (Å²) < 4.78 is 0. The maximum absolute atomic E-state index is 5.61. The summed E-state index contributed by atoms with van der Waals surface area (Å²) in [6, 6.07) is 0. The Morgan fingerprint density at radius 2 is 2.19 bits per heavy atom. The molecule has 0 aliphatic carbocycles. The fraction of sp³-hybridized carbons (Fsp3) is 0.667. The molecule has 4 nitrogen and oxygen atoms in total. The van der Waals surface area contributed by atoms with Crippen LogP contribution in [-0.2, 0) is 0 Å². The molecule has 0 radical (unpaired) electrons. The Balaban J connectivity index is 2.01. The van der Waals surface area contributed by atoms with Gasteiger partial charge in [0.15, 0.2) is 0 Å². The van der Waals surface area contributed by atoms with Gasteiger partial charge in [0, 0.05) is 25.5 Å². The van der Waals surface area contributed by atoms with Gasteiger partial charge < -0.3 is 10.6 Å². The molecule has 0 bridgehead atoms. The van der Waals surface area contributed by atoms with E-state index >= 15 is 0 Å². The fourth-order valence-electron chi connectivity index (χ4n) is 2.27. The molecule has 16 heavy (non-hydrogen) atoms. The van der Waals surface area contributed by atoms with E-state index in [2.05, 4.69) is 14.9 Å². The van der Waals surface area contributed by atoms with Crippen molar-refractivity contribution in [2.24, 2.45) is 11.7 Å². The van der Waals surface area contributed by atoms with Crippen LogP contribution in [0, 0.1) is 12.8 Å². The van der Waals surface area contributed by atoms with Crippen molar-refractivity contribution in [3.05, 3.63) is 18.0 Å². The third-order valence-electron chi connectivity index (χ3n) is 3.14. The van der Waals surface area contributed by atoms with Crippen molar-refractivity contribution in [2.45, 2.75) is 26.2 Å². The highest BCUT2D eigenvalue weighted by Gasteiger charge is 2.20. The first kappa shape index (κ1) is 11.3. The normalized spacial score (nSPS) is 21.1. The number of aryl methyl sites for hydroxylation is 1. The van der Waals surface area contributed by atoms with Gasteiger partial charge in [-0.1, -0.05) is 0 Å². The van der Waals surface area contributed by atoms with Gasteiger partial charge in [-0.2, -0.15) is 0 Å². The lowest BCUT2D eigenvalue weighted by atomic mass is 9.95. The minimum Gasteiger partial charge on any atom is -0.341 e. The summed E-state index contributed by atoms with van der Waals surface area (Å²) in [6.45, 7) is 4.93. The van der Waals surface area contributed by atoms with Gasteiger partial charge in [-0.3, -0.25) is 0 Å². The smallest absolute Gasteiger partial charge is 0.225 e. The molecule has 1 unspecified atom stereocenters. The summed E-state index contributed by atoms with van der Waals surface area (Å²) >= 11 is 0. The van der Waals surface area contributed by atoms with E-state index in [4.69, 9.17) is 5.73 Å². The maximum Gasteiger partial charge on any atom is 0.225 e. The SMILES string of the molecule is Cc1cnc(N2CCCC(CCN)C2)nc1. The van der Waals surface area contributed by atoms with Gasteiger partial charge in [-0.25, -0.2) is 9.97 Å². The molecule has 1 aliphatic rings. The predicted octanol–water partition coefficient (Wildman–Crippen LogP) is 1.35. The Kier molecular flexibility index (Phi) is 3.72. The lowest BCUT2D eigenvalue weighted by molar-refractivity contribution is 0.392. The van der Waals surface area contributed by atoms with E-state index in [0.29, 0.717) is 5.92 Å². The standard InChI is InChI=1S/C12H20N4/c1-10-7-14-12(15-8-10)16-6-2-3-11(9-16)4-5-13/h7-8,11H,2-6,9,13H2,1H3. The first-order chi connectivity index (χ1) is 7.79. The molecule has 1 aromatic heterocycles. The molecule has 1 saturated heterocycles. The van der Waals surface area contributed by atoms with Crippen molar-refractivity contribution in [3.8, 4) is 0 Å². The quantitative estimate of drug-likeness (QED) is 0.835. The highest BCUT2D eigenvalue weighted by molar-refractivity contribution is 5.30. The van der Waals surface area contributed by atoms with E-state index in [-0.39, 0.29) is 0 Å². The molecular weight excluding hydrogens is 200 g/mol. The summed E-state index contributed by atoms with van der Waals surface area (Å²) in [5.74, 6) is 1.58. The summed E-state index contributed by atoms with van der Waals surface area (Å²) in [4.78, 5) is 11.0. The number of piperidine rings is 1. The molecule has 1 fully saturated rings. The third kappa shape index (κ3) is 2.70. The van der Waals surface area contributed by atoms with Crippen molar-refractivity contribution in [3.63, 3.8) is 0 Å². The summed E-state index contributed by atoms with van der Waals surface area (Å²) in [5.41, 5.74) is 6.72. The van der Waals surface area contributed by atoms with Crippen molar-refractivity contribution < 1.29 is 0 Å². The van der Waals surface area contributed by atoms with Crippen molar-refractivity contribution >= 4 is 5.95 Å². The van der Waals surface area contributed by atoms with Crippen LogP contribution in [0.2, 0.25) is 0 Å². The van der Waals surface area contributed by atoms with Gasteiger partial charge >= 0.3 is 0 Å². The number of aromatic nitrogens is 2. The van der Waals surface area contributed by atoms with Crippen LogP contribution in [0.4, 0.5) is 5.95 Å². The molecule has 0 aromatic carbocycles. The molecular formula is C12H20N4. The van der Waals surface area contributed by atoms with E-state index < -0.39 is 0 Å². The van der Waals surface area contributed by atoms with Crippen LogP contribution < -0.4 is 10.6 Å².